The van der Waals surface area contributed by atoms with Crippen molar-refractivity contribution in [1.82, 2.24) is 5.43 Å². The molecule has 16 heavy (non-hydrogen) atoms. The maximum absolute atomic E-state index is 12.8. The number of hydrogen-bond acceptors (Lipinski definition) is 2. The maximum atomic E-state index is 12.8. The minimum atomic E-state index is -4.82. The van der Waals surface area contributed by atoms with Gasteiger partial charge in [0.2, 0.25) is 0 Å². The topological polar surface area (TPSA) is 67.1 Å². The zero-order chi connectivity index (χ0) is 12.3. The lowest BCUT2D eigenvalue weighted by atomic mass is 10.2. The van der Waals surface area contributed by atoms with Crippen LogP contribution in [0.4, 0.5) is 28.0 Å². The molecule has 0 saturated carbocycles. The summed E-state index contributed by atoms with van der Waals surface area (Å²) in [7, 11) is 0. The van der Waals surface area contributed by atoms with Gasteiger partial charge in [-0.3, -0.25) is 5.43 Å². The number of hydrazine groups is 1. The molecule has 0 aliphatic heterocycles. The van der Waals surface area contributed by atoms with Gasteiger partial charge in [-0.15, -0.1) is 0 Å². The standard InChI is InChI=1S/C8H7F4N3O/c9-6-2-1-4(14-7(16)15-13)3-5(6)8(10,11)12/h1-3H,13H2,(H2,14,15,16). The average molecular weight is 237 g/mol. The molecule has 0 aromatic heterocycles. The number of nitrogens with two attached hydrogens (primary N) is 1. The van der Waals surface area contributed by atoms with Crippen LogP contribution in [0.2, 0.25) is 0 Å². The zero-order valence-corrected chi connectivity index (χ0v) is 7.73. The minimum Gasteiger partial charge on any atom is -0.307 e. The first-order chi connectivity index (χ1) is 7.34. The zero-order valence-electron chi connectivity index (χ0n) is 7.73. The Morgan fingerprint density at radius 1 is 1.31 bits per heavy atom. The van der Waals surface area contributed by atoms with E-state index in [2.05, 4.69) is 0 Å². The lowest BCUT2D eigenvalue weighted by molar-refractivity contribution is -0.139. The minimum absolute atomic E-state index is 0.211. The predicted molar refractivity (Wildman–Crippen MR) is 47.7 cm³/mol. The highest BCUT2D eigenvalue weighted by Crippen LogP contribution is 2.32. The average Bonchev–Trinajstić information content (AvgIpc) is 2.19. The molecule has 2 amide bonds. The van der Waals surface area contributed by atoms with Gasteiger partial charge in [-0.2, -0.15) is 13.2 Å². The molecule has 88 valence electrons. The van der Waals surface area contributed by atoms with Crippen LogP contribution in [0.1, 0.15) is 5.56 Å². The molecule has 4 N–H and O–H groups in total. The molecule has 8 heteroatoms. The van der Waals surface area contributed by atoms with Crippen molar-refractivity contribution in [2.45, 2.75) is 6.18 Å². The van der Waals surface area contributed by atoms with Crippen LogP contribution in [-0.2, 0) is 6.18 Å². The summed E-state index contributed by atoms with van der Waals surface area (Å²) in [5.41, 5.74) is -0.00638. The van der Waals surface area contributed by atoms with Crippen molar-refractivity contribution < 1.29 is 22.4 Å². The fraction of sp³-hybridized carbons (Fsp3) is 0.125. The molecule has 0 unspecified atom stereocenters. The van der Waals surface area contributed by atoms with E-state index in [9.17, 15) is 22.4 Å². The van der Waals surface area contributed by atoms with Crippen LogP contribution >= 0.6 is 0 Å². The van der Waals surface area contributed by atoms with E-state index in [-0.39, 0.29) is 5.69 Å². The summed E-state index contributed by atoms with van der Waals surface area (Å²) in [5, 5.41) is 1.99. The summed E-state index contributed by atoms with van der Waals surface area (Å²) in [6.07, 6.45) is -4.82. The largest absolute Gasteiger partial charge is 0.419 e. The van der Waals surface area contributed by atoms with Crippen molar-refractivity contribution in [2.75, 3.05) is 5.32 Å². The SMILES string of the molecule is NNC(=O)Nc1ccc(F)c(C(F)(F)F)c1. The Bertz CT molecular complexity index is 405. The van der Waals surface area contributed by atoms with Crippen LogP contribution in [-0.4, -0.2) is 6.03 Å². The van der Waals surface area contributed by atoms with Gasteiger partial charge in [0.05, 0.1) is 5.56 Å². The second kappa shape index (κ2) is 4.35. The van der Waals surface area contributed by atoms with E-state index in [1.54, 1.807) is 5.43 Å². The normalized spacial score (nSPS) is 11.1. The van der Waals surface area contributed by atoms with Crippen LogP contribution in [0, 0.1) is 5.82 Å². The van der Waals surface area contributed by atoms with Gasteiger partial charge in [0.15, 0.2) is 0 Å². The monoisotopic (exact) mass is 237 g/mol. The van der Waals surface area contributed by atoms with Gasteiger partial charge >= 0.3 is 12.2 Å². The number of carbonyl (C=O) groups excluding carboxylic acids is 1. The van der Waals surface area contributed by atoms with Crippen molar-refractivity contribution in [3.8, 4) is 0 Å². The Kier molecular flexibility index (Phi) is 3.33. The number of benzene rings is 1. The summed E-state index contributed by atoms with van der Waals surface area (Å²) in [6, 6.07) is 1.17. The summed E-state index contributed by atoms with van der Waals surface area (Å²) >= 11 is 0. The third-order valence-electron chi connectivity index (χ3n) is 1.66. The van der Waals surface area contributed by atoms with E-state index in [0.29, 0.717) is 12.1 Å². The third kappa shape index (κ3) is 2.83. The van der Waals surface area contributed by atoms with Gasteiger partial charge in [-0.25, -0.2) is 15.0 Å². The van der Waals surface area contributed by atoms with Gasteiger partial charge in [0.25, 0.3) is 0 Å². The van der Waals surface area contributed by atoms with Crippen molar-refractivity contribution in [3.05, 3.63) is 29.6 Å². The summed E-state index contributed by atoms with van der Waals surface area (Å²) in [5.74, 6) is 3.30. The third-order valence-corrected chi connectivity index (χ3v) is 1.66. The molecule has 0 bridgehead atoms. The van der Waals surface area contributed by atoms with Gasteiger partial charge in [-0.05, 0) is 18.2 Å². The maximum Gasteiger partial charge on any atom is 0.419 e. The molecule has 0 saturated heterocycles. The first kappa shape index (κ1) is 12.2. The quantitative estimate of drug-likeness (QED) is 0.302. The number of anilines is 1. The highest BCUT2D eigenvalue weighted by atomic mass is 19.4. The number of urea groups is 1. The molecule has 1 aromatic carbocycles. The van der Waals surface area contributed by atoms with Crippen LogP contribution in [0.25, 0.3) is 0 Å². The molecule has 4 nitrogen and oxygen atoms in total. The Morgan fingerprint density at radius 2 is 1.94 bits per heavy atom. The smallest absolute Gasteiger partial charge is 0.307 e. The highest BCUT2D eigenvalue weighted by molar-refractivity contribution is 5.88. The number of halogens is 4. The van der Waals surface area contributed by atoms with Crippen LogP contribution in [0.3, 0.4) is 0 Å². The number of carbonyl (C=O) groups is 1. The lowest BCUT2D eigenvalue weighted by Crippen LogP contribution is -2.34. The van der Waals surface area contributed by atoms with Crippen LogP contribution < -0.4 is 16.6 Å². The highest BCUT2D eigenvalue weighted by Gasteiger charge is 2.34. The predicted octanol–water partition coefficient (Wildman–Crippen LogP) is 1.84. The Hall–Kier alpha value is -1.83. The summed E-state index contributed by atoms with van der Waals surface area (Å²) in [6.45, 7) is 0. The molecule has 0 heterocycles. The summed E-state index contributed by atoms with van der Waals surface area (Å²) in [4.78, 5) is 10.7. The van der Waals surface area contributed by atoms with Crippen molar-refractivity contribution in [1.29, 1.82) is 0 Å². The molecule has 0 radical (unpaired) electrons. The number of amides is 2. The van der Waals surface area contributed by atoms with E-state index < -0.39 is 23.6 Å². The molecule has 0 aliphatic rings. The van der Waals surface area contributed by atoms with E-state index in [4.69, 9.17) is 5.84 Å². The van der Waals surface area contributed by atoms with Gasteiger partial charge in [0.1, 0.15) is 5.82 Å². The number of rotatable bonds is 1. The molecular weight excluding hydrogens is 230 g/mol. The van der Waals surface area contributed by atoms with E-state index in [1.807, 2.05) is 5.32 Å². The molecule has 0 fully saturated rings. The van der Waals surface area contributed by atoms with E-state index in [0.717, 1.165) is 6.07 Å². The lowest BCUT2D eigenvalue weighted by Gasteiger charge is -2.10. The van der Waals surface area contributed by atoms with Crippen molar-refractivity contribution in [2.24, 2.45) is 5.84 Å². The Morgan fingerprint density at radius 3 is 2.44 bits per heavy atom. The Balaban J connectivity index is 3.03. The molecular formula is C8H7F4N3O. The fourth-order valence-corrected chi connectivity index (χ4v) is 0.987. The number of nitrogens with one attached hydrogen (secondary N) is 2. The fourth-order valence-electron chi connectivity index (χ4n) is 0.987. The molecule has 1 aromatic rings. The van der Waals surface area contributed by atoms with E-state index in [1.165, 1.54) is 0 Å². The number of alkyl halides is 3. The molecule has 1 rings (SSSR count). The van der Waals surface area contributed by atoms with Crippen molar-refractivity contribution >= 4 is 11.7 Å². The first-order valence-corrected chi connectivity index (χ1v) is 3.99. The van der Waals surface area contributed by atoms with Crippen LogP contribution in [0.15, 0.2) is 18.2 Å². The van der Waals surface area contributed by atoms with Gasteiger partial charge in [-0.1, -0.05) is 0 Å². The number of hydrogen-bond donors (Lipinski definition) is 3. The van der Waals surface area contributed by atoms with E-state index >= 15 is 0 Å². The van der Waals surface area contributed by atoms with Gasteiger partial charge < -0.3 is 5.32 Å². The second-order valence-corrected chi connectivity index (χ2v) is 2.79. The summed E-state index contributed by atoms with van der Waals surface area (Å²) < 4.78 is 49.6. The van der Waals surface area contributed by atoms with Gasteiger partial charge in [0, 0.05) is 5.69 Å². The van der Waals surface area contributed by atoms with Crippen LogP contribution in [0.5, 0.6) is 0 Å². The second-order valence-electron chi connectivity index (χ2n) is 2.79. The molecule has 0 atom stereocenters. The van der Waals surface area contributed by atoms with Crippen molar-refractivity contribution in [3.63, 3.8) is 0 Å². The molecule has 0 aliphatic carbocycles. The Labute approximate surface area is 87.4 Å². The first-order valence-electron chi connectivity index (χ1n) is 3.99. The molecule has 0 spiro atoms.